The molecule has 21 heavy (non-hydrogen) atoms. The van der Waals surface area contributed by atoms with Crippen LogP contribution in [0.25, 0.3) is 11.6 Å². The molecule has 2 aromatic heterocycles. The minimum Gasteiger partial charge on any atom is -0.419 e. The summed E-state index contributed by atoms with van der Waals surface area (Å²) in [5, 5.41) is 13.6. The molecular weight excluding hydrogens is 311 g/mol. The van der Waals surface area contributed by atoms with Gasteiger partial charge >= 0.3 is 0 Å². The largest absolute Gasteiger partial charge is 0.419 e. The van der Waals surface area contributed by atoms with Gasteiger partial charge in [0.25, 0.3) is 5.89 Å². The molecule has 0 aliphatic rings. The van der Waals surface area contributed by atoms with Crippen molar-refractivity contribution in [3.8, 4) is 11.6 Å². The summed E-state index contributed by atoms with van der Waals surface area (Å²) in [4.78, 5) is 0. The van der Waals surface area contributed by atoms with Crippen molar-refractivity contribution in [3.05, 3.63) is 51.5 Å². The molecule has 3 aromatic rings. The average molecular weight is 323 g/mol. The summed E-state index contributed by atoms with van der Waals surface area (Å²) in [5.41, 5.74) is 2.40. The average Bonchev–Trinajstić information content (AvgIpc) is 3.02. The van der Waals surface area contributed by atoms with Gasteiger partial charge in [-0.25, -0.2) is 0 Å². The summed E-state index contributed by atoms with van der Waals surface area (Å²) in [6, 6.07) is 7.49. The molecule has 0 spiro atoms. The third-order valence-corrected chi connectivity index (χ3v) is 3.90. The van der Waals surface area contributed by atoms with Crippen molar-refractivity contribution in [2.75, 3.05) is 0 Å². The van der Waals surface area contributed by atoms with Crippen molar-refractivity contribution in [3.63, 3.8) is 0 Å². The molecule has 0 fully saturated rings. The molecule has 0 atom stereocenters. The van der Waals surface area contributed by atoms with Gasteiger partial charge in [-0.05, 0) is 24.6 Å². The number of nitrogens with zero attached hydrogens (tertiary/aromatic N) is 4. The zero-order chi connectivity index (χ0) is 15.0. The summed E-state index contributed by atoms with van der Waals surface area (Å²) < 4.78 is 7.32. The molecule has 1 aromatic carbocycles. The van der Waals surface area contributed by atoms with E-state index in [9.17, 15) is 0 Å². The zero-order valence-electron chi connectivity index (χ0n) is 11.5. The van der Waals surface area contributed by atoms with Crippen molar-refractivity contribution in [2.45, 2.75) is 13.3 Å². The van der Waals surface area contributed by atoms with E-state index in [1.54, 1.807) is 4.68 Å². The monoisotopic (exact) mass is 322 g/mol. The molecular formula is C14H12Cl2N4O. The number of hydrogen-bond acceptors (Lipinski definition) is 4. The molecule has 108 valence electrons. The molecule has 0 aliphatic heterocycles. The SMILES string of the molecule is Cc1c(Cl)c(-c2nnc(Cc3ccc(Cl)cc3)o2)nn1C. The highest BCUT2D eigenvalue weighted by molar-refractivity contribution is 6.33. The van der Waals surface area contributed by atoms with E-state index in [0.29, 0.717) is 33.9 Å². The zero-order valence-corrected chi connectivity index (χ0v) is 13.0. The molecule has 0 saturated carbocycles. The maximum atomic E-state index is 6.21. The lowest BCUT2D eigenvalue weighted by Crippen LogP contribution is -1.92. The quantitative estimate of drug-likeness (QED) is 0.738. The maximum Gasteiger partial charge on any atom is 0.269 e. The van der Waals surface area contributed by atoms with Crippen LogP contribution in [0, 0.1) is 6.92 Å². The van der Waals surface area contributed by atoms with E-state index in [0.717, 1.165) is 11.3 Å². The van der Waals surface area contributed by atoms with Crippen LogP contribution in [0.15, 0.2) is 28.7 Å². The van der Waals surface area contributed by atoms with Crippen LogP contribution in [0.2, 0.25) is 10.0 Å². The normalized spacial score (nSPS) is 11.0. The number of benzene rings is 1. The van der Waals surface area contributed by atoms with Gasteiger partial charge in [-0.2, -0.15) is 5.10 Å². The summed E-state index contributed by atoms with van der Waals surface area (Å²) in [7, 11) is 1.82. The highest BCUT2D eigenvalue weighted by Gasteiger charge is 2.18. The van der Waals surface area contributed by atoms with Crippen LogP contribution in [0.1, 0.15) is 17.1 Å². The van der Waals surface area contributed by atoms with E-state index in [2.05, 4.69) is 15.3 Å². The van der Waals surface area contributed by atoms with Gasteiger partial charge < -0.3 is 4.42 Å². The molecule has 0 radical (unpaired) electrons. The number of aryl methyl sites for hydroxylation is 1. The van der Waals surface area contributed by atoms with Gasteiger partial charge in [0.15, 0.2) is 5.69 Å². The minimum atomic E-state index is 0.327. The first-order valence-electron chi connectivity index (χ1n) is 6.31. The third-order valence-electron chi connectivity index (χ3n) is 3.20. The molecule has 0 N–H and O–H groups in total. The van der Waals surface area contributed by atoms with Crippen LogP contribution in [0.5, 0.6) is 0 Å². The first kappa shape index (κ1) is 14.1. The lowest BCUT2D eigenvalue weighted by atomic mass is 10.1. The van der Waals surface area contributed by atoms with E-state index in [-0.39, 0.29) is 0 Å². The molecule has 0 bridgehead atoms. The predicted octanol–water partition coefficient (Wildman–Crippen LogP) is 3.68. The lowest BCUT2D eigenvalue weighted by Gasteiger charge is -1.96. The molecule has 0 unspecified atom stereocenters. The standard InChI is InChI=1S/C14H12Cl2N4O/c1-8-12(16)13(19-20(8)2)14-18-17-11(21-14)7-9-3-5-10(15)6-4-9/h3-6H,7H2,1-2H3. The number of halogens is 2. The number of hydrogen-bond donors (Lipinski definition) is 0. The van der Waals surface area contributed by atoms with Crippen LogP contribution >= 0.6 is 23.2 Å². The van der Waals surface area contributed by atoms with E-state index < -0.39 is 0 Å². The Bertz CT molecular complexity index is 777. The van der Waals surface area contributed by atoms with E-state index in [4.69, 9.17) is 27.6 Å². The fraction of sp³-hybridized carbons (Fsp3) is 0.214. The van der Waals surface area contributed by atoms with Gasteiger partial charge in [-0.1, -0.05) is 35.3 Å². The van der Waals surface area contributed by atoms with Gasteiger partial charge in [0.05, 0.1) is 17.1 Å². The van der Waals surface area contributed by atoms with Crippen LogP contribution in [0.4, 0.5) is 0 Å². The van der Waals surface area contributed by atoms with Crippen molar-refractivity contribution >= 4 is 23.2 Å². The first-order chi connectivity index (χ1) is 10.0. The Labute approximate surface area is 131 Å². The van der Waals surface area contributed by atoms with Crippen molar-refractivity contribution in [1.82, 2.24) is 20.0 Å². The second-order valence-electron chi connectivity index (χ2n) is 4.68. The third kappa shape index (κ3) is 2.80. The van der Waals surface area contributed by atoms with Gasteiger partial charge in [0.2, 0.25) is 5.89 Å². The highest BCUT2D eigenvalue weighted by atomic mass is 35.5. The van der Waals surface area contributed by atoms with Crippen molar-refractivity contribution in [1.29, 1.82) is 0 Å². The van der Waals surface area contributed by atoms with Gasteiger partial charge in [0.1, 0.15) is 0 Å². The molecule has 2 heterocycles. The Morgan fingerprint density at radius 3 is 2.48 bits per heavy atom. The van der Waals surface area contributed by atoms with E-state index in [1.165, 1.54) is 0 Å². The Balaban J connectivity index is 1.86. The van der Waals surface area contributed by atoms with Gasteiger partial charge in [0, 0.05) is 12.1 Å². The molecule has 3 rings (SSSR count). The molecule has 5 nitrogen and oxygen atoms in total. The molecule has 0 saturated heterocycles. The summed E-state index contributed by atoms with van der Waals surface area (Å²) in [5.74, 6) is 0.833. The van der Waals surface area contributed by atoms with Crippen molar-refractivity contribution < 1.29 is 4.42 Å². The summed E-state index contributed by atoms with van der Waals surface area (Å²) >= 11 is 12.1. The Morgan fingerprint density at radius 2 is 1.86 bits per heavy atom. The Hall–Kier alpha value is -1.85. The topological polar surface area (TPSA) is 56.7 Å². The maximum absolute atomic E-state index is 6.21. The number of aromatic nitrogens is 4. The fourth-order valence-corrected chi connectivity index (χ4v) is 2.28. The highest BCUT2D eigenvalue weighted by Crippen LogP contribution is 2.28. The van der Waals surface area contributed by atoms with Crippen LogP contribution < -0.4 is 0 Å². The number of rotatable bonds is 3. The molecule has 0 amide bonds. The molecule has 7 heteroatoms. The minimum absolute atomic E-state index is 0.327. The second kappa shape index (κ2) is 5.50. The smallest absolute Gasteiger partial charge is 0.269 e. The first-order valence-corrected chi connectivity index (χ1v) is 7.06. The predicted molar refractivity (Wildman–Crippen MR) is 80.5 cm³/mol. The Morgan fingerprint density at radius 1 is 1.14 bits per heavy atom. The van der Waals surface area contributed by atoms with Gasteiger partial charge in [-0.15, -0.1) is 10.2 Å². The summed E-state index contributed by atoms with van der Waals surface area (Å²) in [6.07, 6.45) is 0.535. The summed E-state index contributed by atoms with van der Waals surface area (Å²) in [6.45, 7) is 1.88. The second-order valence-corrected chi connectivity index (χ2v) is 5.49. The Kier molecular flexibility index (Phi) is 3.69. The van der Waals surface area contributed by atoms with E-state index in [1.807, 2.05) is 38.2 Å². The van der Waals surface area contributed by atoms with Crippen LogP contribution in [0.3, 0.4) is 0 Å². The van der Waals surface area contributed by atoms with Crippen LogP contribution in [-0.4, -0.2) is 20.0 Å². The van der Waals surface area contributed by atoms with Crippen LogP contribution in [-0.2, 0) is 13.5 Å². The lowest BCUT2D eigenvalue weighted by molar-refractivity contribution is 0.515. The van der Waals surface area contributed by atoms with E-state index >= 15 is 0 Å². The molecule has 0 aliphatic carbocycles. The van der Waals surface area contributed by atoms with Gasteiger partial charge in [-0.3, -0.25) is 4.68 Å². The fourth-order valence-electron chi connectivity index (χ4n) is 1.92. The van der Waals surface area contributed by atoms with Crippen molar-refractivity contribution in [2.24, 2.45) is 7.05 Å².